The van der Waals surface area contributed by atoms with Crippen LogP contribution in [0.15, 0.2) is 35.2 Å². The van der Waals surface area contributed by atoms with E-state index < -0.39 is 11.6 Å². The summed E-state index contributed by atoms with van der Waals surface area (Å²) in [5.41, 5.74) is 0.183. The molecule has 0 unspecified atom stereocenters. The molecule has 0 heterocycles. The van der Waals surface area contributed by atoms with Crippen molar-refractivity contribution >= 4 is 40.8 Å². The highest BCUT2D eigenvalue weighted by molar-refractivity contribution is 8.00. The molecule has 0 radical (unpaired) electrons. The molecule has 0 aliphatic carbocycles. The lowest BCUT2D eigenvalue weighted by Gasteiger charge is -2.09. The molecule has 2 rings (SSSR count). The minimum absolute atomic E-state index is 0.0206. The van der Waals surface area contributed by atoms with E-state index in [1.807, 2.05) is 0 Å². The summed E-state index contributed by atoms with van der Waals surface area (Å²) in [6.07, 6.45) is 0. The van der Waals surface area contributed by atoms with Crippen molar-refractivity contribution < 1.29 is 8.78 Å². The summed E-state index contributed by atoms with van der Waals surface area (Å²) in [4.78, 5) is 0.701. The Bertz CT molecular complexity index is 620. The first-order valence-corrected chi connectivity index (χ1v) is 6.89. The Balaban J connectivity index is 2.17. The molecule has 2 aromatic carbocycles. The van der Waals surface area contributed by atoms with Crippen LogP contribution in [0, 0.1) is 18.6 Å². The van der Waals surface area contributed by atoms with Gasteiger partial charge in [0.1, 0.15) is 5.82 Å². The topological polar surface area (TPSA) is 12.0 Å². The van der Waals surface area contributed by atoms with Crippen molar-refractivity contribution in [1.82, 2.24) is 0 Å². The average molecular weight is 320 g/mol. The molecule has 2 aromatic rings. The van der Waals surface area contributed by atoms with E-state index in [1.165, 1.54) is 19.1 Å². The van der Waals surface area contributed by atoms with Gasteiger partial charge in [0.25, 0.3) is 0 Å². The lowest BCUT2D eigenvalue weighted by Crippen LogP contribution is -1.96. The van der Waals surface area contributed by atoms with E-state index in [2.05, 4.69) is 4.72 Å². The van der Waals surface area contributed by atoms with E-state index in [1.54, 1.807) is 18.2 Å². The van der Waals surface area contributed by atoms with Gasteiger partial charge in [0.15, 0.2) is 5.82 Å². The van der Waals surface area contributed by atoms with Crippen molar-refractivity contribution in [3.8, 4) is 0 Å². The van der Waals surface area contributed by atoms with E-state index in [4.69, 9.17) is 23.2 Å². The Morgan fingerprint density at radius 2 is 1.84 bits per heavy atom. The normalized spacial score (nSPS) is 10.6. The third-order valence-corrected chi connectivity index (χ3v) is 4.04. The van der Waals surface area contributed by atoms with E-state index in [9.17, 15) is 8.78 Å². The highest BCUT2D eigenvalue weighted by Gasteiger charge is 2.10. The molecule has 1 N–H and O–H groups in total. The molecule has 0 aliphatic heterocycles. The zero-order chi connectivity index (χ0) is 14.0. The van der Waals surface area contributed by atoms with Crippen molar-refractivity contribution in [3.05, 3.63) is 57.6 Å². The monoisotopic (exact) mass is 319 g/mol. The molecule has 0 aliphatic rings. The molecular weight excluding hydrogens is 311 g/mol. The highest BCUT2D eigenvalue weighted by atomic mass is 35.5. The Kier molecular flexibility index (Phi) is 4.55. The van der Waals surface area contributed by atoms with E-state index >= 15 is 0 Å². The number of hydrogen-bond donors (Lipinski definition) is 1. The van der Waals surface area contributed by atoms with Gasteiger partial charge in [-0.3, -0.25) is 0 Å². The number of halogens is 4. The summed E-state index contributed by atoms with van der Waals surface area (Å²) in [6, 6.07) is 7.55. The quantitative estimate of drug-likeness (QED) is 0.728. The summed E-state index contributed by atoms with van der Waals surface area (Å²) < 4.78 is 29.7. The molecule has 0 spiro atoms. The molecule has 0 amide bonds. The summed E-state index contributed by atoms with van der Waals surface area (Å²) in [6.45, 7) is 1.38. The standard InChI is InChI=1S/C13H9Cl2F2NS/c1-7-10(16)3-4-11(13(7)17)18-19-12-5-2-8(14)6-9(12)15/h2-6,18H,1H3. The number of nitrogens with one attached hydrogen (secondary N) is 1. The molecule has 0 saturated carbocycles. The molecule has 0 fully saturated rings. The molecule has 6 heteroatoms. The maximum atomic E-state index is 13.8. The molecule has 100 valence electrons. The number of benzene rings is 2. The van der Waals surface area contributed by atoms with Gasteiger partial charge in [-0.2, -0.15) is 0 Å². The Labute approximate surface area is 124 Å². The van der Waals surface area contributed by atoms with Gasteiger partial charge in [-0.15, -0.1) is 0 Å². The van der Waals surface area contributed by atoms with Gasteiger partial charge < -0.3 is 4.72 Å². The predicted octanol–water partition coefficient (Wildman–Crippen LogP) is 5.70. The smallest absolute Gasteiger partial charge is 0.152 e. The fraction of sp³-hybridized carbons (Fsp3) is 0.0769. The summed E-state index contributed by atoms with van der Waals surface area (Å²) in [5.74, 6) is -1.19. The minimum atomic E-state index is -0.613. The number of hydrogen-bond acceptors (Lipinski definition) is 2. The summed E-state index contributed by atoms with van der Waals surface area (Å²) in [7, 11) is 0. The van der Waals surface area contributed by atoms with Crippen LogP contribution in [0.3, 0.4) is 0 Å². The van der Waals surface area contributed by atoms with Crippen molar-refractivity contribution in [2.75, 3.05) is 4.72 Å². The first-order valence-electron chi connectivity index (χ1n) is 5.31. The summed E-state index contributed by atoms with van der Waals surface area (Å²) >= 11 is 12.9. The van der Waals surface area contributed by atoms with Crippen LogP contribution in [0.25, 0.3) is 0 Å². The Morgan fingerprint density at radius 1 is 1.11 bits per heavy atom. The van der Waals surface area contributed by atoms with Crippen molar-refractivity contribution in [1.29, 1.82) is 0 Å². The van der Waals surface area contributed by atoms with Crippen LogP contribution < -0.4 is 4.72 Å². The van der Waals surface area contributed by atoms with Gasteiger partial charge in [-0.25, -0.2) is 8.78 Å². The van der Waals surface area contributed by atoms with Gasteiger partial charge in [-0.1, -0.05) is 23.2 Å². The second-order valence-electron chi connectivity index (χ2n) is 3.81. The Hall–Kier alpha value is -0.970. The zero-order valence-electron chi connectivity index (χ0n) is 9.81. The van der Waals surface area contributed by atoms with Crippen molar-refractivity contribution in [2.45, 2.75) is 11.8 Å². The van der Waals surface area contributed by atoms with Crippen LogP contribution >= 0.6 is 35.1 Å². The van der Waals surface area contributed by atoms with Gasteiger partial charge in [0, 0.05) is 15.5 Å². The van der Waals surface area contributed by atoms with Crippen LogP contribution in [0.5, 0.6) is 0 Å². The fourth-order valence-electron chi connectivity index (χ4n) is 1.41. The fourth-order valence-corrected chi connectivity index (χ4v) is 2.60. The van der Waals surface area contributed by atoms with Gasteiger partial charge in [0.2, 0.25) is 0 Å². The predicted molar refractivity (Wildman–Crippen MR) is 77.0 cm³/mol. The lowest BCUT2D eigenvalue weighted by molar-refractivity contribution is 0.571. The van der Waals surface area contributed by atoms with Crippen LogP contribution in [0.2, 0.25) is 10.0 Å². The molecule has 0 saturated heterocycles. The molecule has 1 nitrogen and oxygen atoms in total. The lowest BCUT2D eigenvalue weighted by atomic mass is 10.2. The summed E-state index contributed by atoms with van der Waals surface area (Å²) in [5, 5.41) is 0.988. The largest absolute Gasteiger partial charge is 0.323 e. The molecule has 0 atom stereocenters. The molecule has 0 aromatic heterocycles. The SMILES string of the molecule is Cc1c(F)ccc(NSc2ccc(Cl)cc2Cl)c1F. The van der Waals surface area contributed by atoms with E-state index in [-0.39, 0.29) is 11.3 Å². The molecular formula is C13H9Cl2F2NS. The van der Waals surface area contributed by atoms with Crippen LogP contribution in [-0.2, 0) is 0 Å². The van der Waals surface area contributed by atoms with Gasteiger partial charge in [-0.05, 0) is 49.2 Å². The second kappa shape index (κ2) is 5.99. The second-order valence-corrected chi connectivity index (χ2v) is 5.50. The van der Waals surface area contributed by atoms with Crippen molar-refractivity contribution in [3.63, 3.8) is 0 Å². The third-order valence-electron chi connectivity index (χ3n) is 2.49. The molecule has 19 heavy (non-hydrogen) atoms. The van der Waals surface area contributed by atoms with Crippen LogP contribution in [-0.4, -0.2) is 0 Å². The minimum Gasteiger partial charge on any atom is -0.323 e. The van der Waals surface area contributed by atoms with Crippen molar-refractivity contribution in [2.24, 2.45) is 0 Å². The maximum Gasteiger partial charge on any atom is 0.152 e. The first-order chi connectivity index (χ1) is 8.99. The van der Waals surface area contributed by atoms with E-state index in [0.29, 0.717) is 14.9 Å². The highest BCUT2D eigenvalue weighted by Crippen LogP contribution is 2.31. The van der Waals surface area contributed by atoms with Gasteiger partial charge >= 0.3 is 0 Å². The van der Waals surface area contributed by atoms with E-state index in [0.717, 1.165) is 11.9 Å². The maximum absolute atomic E-state index is 13.8. The Morgan fingerprint density at radius 3 is 2.53 bits per heavy atom. The number of rotatable bonds is 3. The van der Waals surface area contributed by atoms with Crippen LogP contribution in [0.4, 0.5) is 14.5 Å². The molecule has 0 bridgehead atoms. The third kappa shape index (κ3) is 3.32. The number of anilines is 1. The average Bonchev–Trinajstić information content (AvgIpc) is 2.37. The zero-order valence-corrected chi connectivity index (χ0v) is 12.1. The van der Waals surface area contributed by atoms with Crippen LogP contribution in [0.1, 0.15) is 5.56 Å². The van der Waals surface area contributed by atoms with Gasteiger partial charge in [0.05, 0.1) is 10.7 Å². The first kappa shape index (κ1) is 14.4.